The lowest BCUT2D eigenvalue weighted by Crippen LogP contribution is -2.20. The Kier molecular flexibility index (Phi) is 5.19. The molecule has 0 atom stereocenters. The average Bonchev–Trinajstić information content (AvgIpc) is 2.30. The number of aromatic nitrogens is 2. The van der Waals surface area contributed by atoms with Gasteiger partial charge in [0.15, 0.2) is 0 Å². The van der Waals surface area contributed by atoms with Crippen molar-refractivity contribution in [2.75, 3.05) is 25.0 Å². The van der Waals surface area contributed by atoms with Gasteiger partial charge in [0.1, 0.15) is 0 Å². The van der Waals surface area contributed by atoms with E-state index in [4.69, 9.17) is 0 Å². The molecule has 0 saturated carbocycles. The van der Waals surface area contributed by atoms with E-state index in [1.165, 1.54) is 5.56 Å². The monoisotopic (exact) mass is 222 g/mol. The second-order valence-corrected chi connectivity index (χ2v) is 3.97. The van der Waals surface area contributed by atoms with Crippen LogP contribution in [0.2, 0.25) is 0 Å². The Morgan fingerprint density at radius 2 is 2.12 bits per heavy atom. The minimum Gasteiger partial charge on any atom is -0.344 e. The SMILES string of the molecule is CCCNCc1cnc(N(C)CC)nc1C. The molecule has 0 radical (unpaired) electrons. The zero-order valence-electron chi connectivity index (χ0n) is 10.7. The summed E-state index contributed by atoms with van der Waals surface area (Å²) < 4.78 is 0. The van der Waals surface area contributed by atoms with Crippen molar-refractivity contribution in [2.24, 2.45) is 0 Å². The van der Waals surface area contributed by atoms with Crippen LogP contribution in [-0.2, 0) is 6.54 Å². The van der Waals surface area contributed by atoms with Crippen LogP contribution >= 0.6 is 0 Å². The molecule has 1 aromatic rings. The predicted octanol–water partition coefficient (Wildman–Crippen LogP) is 1.74. The van der Waals surface area contributed by atoms with E-state index in [-0.39, 0.29) is 0 Å². The molecule has 0 fully saturated rings. The second-order valence-electron chi connectivity index (χ2n) is 3.97. The molecule has 0 saturated heterocycles. The molecule has 1 heterocycles. The predicted molar refractivity (Wildman–Crippen MR) is 67.7 cm³/mol. The summed E-state index contributed by atoms with van der Waals surface area (Å²) in [5, 5.41) is 3.36. The molecular weight excluding hydrogens is 200 g/mol. The van der Waals surface area contributed by atoms with Crippen LogP contribution in [0, 0.1) is 6.92 Å². The van der Waals surface area contributed by atoms with Crippen LogP contribution in [0.3, 0.4) is 0 Å². The highest BCUT2D eigenvalue weighted by Crippen LogP contribution is 2.09. The van der Waals surface area contributed by atoms with Gasteiger partial charge in [-0.3, -0.25) is 0 Å². The minimum absolute atomic E-state index is 0.805. The zero-order valence-corrected chi connectivity index (χ0v) is 10.7. The molecule has 90 valence electrons. The maximum atomic E-state index is 4.50. The molecular formula is C12H22N4. The Morgan fingerprint density at radius 3 is 2.69 bits per heavy atom. The number of aryl methyl sites for hydroxylation is 1. The Hall–Kier alpha value is -1.16. The molecule has 1 N–H and O–H groups in total. The third-order valence-electron chi connectivity index (χ3n) is 2.63. The van der Waals surface area contributed by atoms with Crippen molar-refractivity contribution >= 4 is 5.95 Å². The van der Waals surface area contributed by atoms with Crippen LogP contribution in [0.5, 0.6) is 0 Å². The quantitative estimate of drug-likeness (QED) is 0.744. The van der Waals surface area contributed by atoms with Crippen molar-refractivity contribution in [3.05, 3.63) is 17.5 Å². The van der Waals surface area contributed by atoms with E-state index >= 15 is 0 Å². The fourth-order valence-electron chi connectivity index (χ4n) is 1.38. The molecule has 0 bridgehead atoms. The van der Waals surface area contributed by atoms with Crippen molar-refractivity contribution in [1.82, 2.24) is 15.3 Å². The highest BCUT2D eigenvalue weighted by atomic mass is 15.2. The highest BCUT2D eigenvalue weighted by molar-refractivity contribution is 5.31. The molecule has 1 rings (SSSR count). The van der Waals surface area contributed by atoms with Gasteiger partial charge < -0.3 is 10.2 Å². The van der Waals surface area contributed by atoms with Crippen molar-refractivity contribution < 1.29 is 0 Å². The van der Waals surface area contributed by atoms with E-state index in [9.17, 15) is 0 Å². The van der Waals surface area contributed by atoms with Crippen molar-refractivity contribution in [3.63, 3.8) is 0 Å². The van der Waals surface area contributed by atoms with Gasteiger partial charge in [-0.15, -0.1) is 0 Å². The minimum atomic E-state index is 0.805. The maximum Gasteiger partial charge on any atom is 0.225 e. The van der Waals surface area contributed by atoms with Gasteiger partial charge in [-0.1, -0.05) is 6.92 Å². The molecule has 0 aromatic carbocycles. The third kappa shape index (κ3) is 3.45. The summed E-state index contributed by atoms with van der Waals surface area (Å²) in [5.74, 6) is 0.805. The van der Waals surface area contributed by atoms with Crippen LogP contribution < -0.4 is 10.2 Å². The Balaban J connectivity index is 2.67. The maximum absolute atomic E-state index is 4.50. The van der Waals surface area contributed by atoms with E-state index in [0.29, 0.717) is 0 Å². The topological polar surface area (TPSA) is 41.1 Å². The van der Waals surface area contributed by atoms with E-state index in [1.807, 2.05) is 25.1 Å². The number of hydrogen-bond acceptors (Lipinski definition) is 4. The standard InChI is InChI=1S/C12H22N4/c1-5-7-13-8-11-9-14-12(15-10(11)3)16(4)6-2/h9,13H,5-8H2,1-4H3. The normalized spacial score (nSPS) is 10.5. The molecule has 0 unspecified atom stereocenters. The van der Waals surface area contributed by atoms with Gasteiger partial charge in [-0.05, 0) is 26.8 Å². The average molecular weight is 222 g/mol. The first-order chi connectivity index (χ1) is 7.69. The molecule has 0 aliphatic rings. The lowest BCUT2D eigenvalue weighted by atomic mass is 10.2. The van der Waals surface area contributed by atoms with Gasteiger partial charge in [0.25, 0.3) is 0 Å². The lowest BCUT2D eigenvalue weighted by Gasteiger charge is -2.15. The Bertz CT molecular complexity index is 325. The van der Waals surface area contributed by atoms with E-state index in [2.05, 4.69) is 29.1 Å². The summed E-state index contributed by atoms with van der Waals surface area (Å²) >= 11 is 0. The lowest BCUT2D eigenvalue weighted by molar-refractivity contribution is 0.668. The number of nitrogens with one attached hydrogen (secondary N) is 1. The highest BCUT2D eigenvalue weighted by Gasteiger charge is 2.05. The first kappa shape index (κ1) is 12.9. The molecule has 1 aromatic heterocycles. The van der Waals surface area contributed by atoms with Gasteiger partial charge in [-0.2, -0.15) is 0 Å². The fraction of sp³-hybridized carbons (Fsp3) is 0.667. The van der Waals surface area contributed by atoms with E-state index < -0.39 is 0 Å². The van der Waals surface area contributed by atoms with Crippen LogP contribution in [0.15, 0.2) is 6.20 Å². The van der Waals surface area contributed by atoms with Crippen molar-refractivity contribution in [2.45, 2.75) is 33.7 Å². The summed E-state index contributed by atoms with van der Waals surface area (Å²) in [6.07, 6.45) is 3.07. The number of anilines is 1. The van der Waals surface area contributed by atoms with Crippen molar-refractivity contribution in [3.8, 4) is 0 Å². The first-order valence-electron chi connectivity index (χ1n) is 5.93. The molecule has 0 amide bonds. The summed E-state index contributed by atoms with van der Waals surface area (Å²) in [5.41, 5.74) is 2.25. The zero-order chi connectivity index (χ0) is 12.0. The molecule has 4 nitrogen and oxygen atoms in total. The Morgan fingerprint density at radius 1 is 1.38 bits per heavy atom. The summed E-state index contributed by atoms with van der Waals surface area (Å²) in [7, 11) is 2.00. The largest absolute Gasteiger partial charge is 0.344 e. The fourth-order valence-corrected chi connectivity index (χ4v) is 1.38. The van der Waals surface area contributed by atoms with Gasteiger partial charge in [0, 0.05) is 37.6 Å². The molecule has 0 spiro atoms. The van der Waals surface area contributed by atoms with E-state index in [1.54, 1.807) is 0 Å². The Labute approximate surface area is 98.1 Å². The van der Waals surface area contributed by atoms with Gasteiger partial charge in [-0.25, -0.2) is 9.97 Å². The van der Waals surface area contributed by atoms with E-state index in [0.717, 1.165) is 37.7 Å². The van der Waals surface area contributed by atoms with Gasteiger partial charge >= 0.3 is 0 Å². The first-order valence-corrected chi connectivity index (χ1v) is 5.93. The van der Waals surface area contributed by atoms with Gasteiger partial charge in [0.2, 0.25) is 5.95 Å². The summed E-state index contributed by atoms with van der Waals surface area (Å²) in [4.78, 5) is 10.9. The second kappa shape index (κ2) is 6.43. The van der Waals surface area contributed by atoms with Crippen LogP contribution in [0.1, 0.15) is 31.5 Å². The number of rotatable bonds is 6. The van der Waals surface area contributed by atoms with Crippen molar-refractivity contribution in [1.29, 1.82) is 0 Å². The van der Waals surface area contributed by atoms with Crippen LogP contribution in [-0.4, -0.2) is 30.1 Å². The van der Waals surface area contributed by atoms with Crippen LogP contribution in [0.25, 0.3) is 0 Å². The number of nitrogens with zero attached hydrogens (tertiary/aromatic N) is 3. The van der Waals surface area contributed by atoms with Crippen LogP contribution in [0.4, 0.5) is 5.95 Å². The molecule has 16 heavy (non-hydrogen) atoms. The van der Waals surface area contributed by atoms with Gasteiger partial charge in [0.05, 0.1) is 0 Å². The third-order valence-corrected chi connectivity index (χ3v) is 2.63. The number of hydrogen-bond donors (Lipinski definition) is 1. The summed E-state index contributed by atoms with van der Waals surface area (Å²) in [6, 6.07) is 0. The smallest absolute Gasteiger partial charge is 0.225 e. The summed E-state index contributed by atoms with van der Waals surface area (Å²) in [6.45, 7) is 9.11. The molecule has 4 heteroatoms. The molecule has 0 aliphatic heterocycles. The molecule has 0 aliphatic carbocycles.